The molecule has 0 aliphatic carbocycles. The van der Waals surface area contributed by atoms with E-state index in [2.05, 4.69) is 15.4 Å². The highest BCUT2D eigenvalue weighted by Gasteiger charge is 2.12. The first kappa shape index (κ1) is 9.85. The third kappa shape index (κ3) is 2.41. The average Bonchev–Trinajstić information content (AvgIpc) is 2.71. The highest BCUT2D eigenvalue weighted by molar-refractivity contribution is 5.39. The van der Waals surface area contributed by atoms with Crippen molar-refractivity contribution in [3.05, 3.63) is 28.4 Å². The summed E-state index contributed by atoms with van der Waals surface area (Å²) in [5.41, 5.74) is 3.12. The zero-order valence-electron chi connectivity index (χ0n) is 8.22. The summed E-state index contributed by atoms with van der Waals surface area (Å²) < 4.78 is 0. The lowest BCUT2D eigenvalue weighted by molar-refractivity contribution is -0.385. The molecule has 1 aromatic rings. The van der Waals surface area contributed by atoms with Crippen molar-refractivity contribution in [2.75, 3.05) is 18.5 Å². The second-order valence-electron chi connectivity index (χ2n) is 3.46. The quantitative estimate of drug-likeness (QED) is 0.600. The molecule has 1 saturated heterocycles. The Morgan fingerprint density at radius 1 is 1.40 bits per heavy atom. The molecule has 0 spiro atoms. The number of nitrogens with zero attached hydrogens (tertiary/aromatic N) is 3. The molecular weight excluding hydrogens is 196 g/mol. The first-order chi connectivity index (χ1) is 7.25. The Morgan fingerprint density at radius 3 is 2.67 bits per heavy atom. The van der Waals surface area contributed by atoms with Crippen LogP contribution >= 0.6 is 0 Å². The van der Waals surface area contributed by atoms with Crippen molar-refractivity contribution in [3.63, 3.8) is 0 Å². The molecule has 6 nitrogen and oxygen atoms in total. The van der Waals surface area contributed by atoms with Crippen LogP contribution < -0.4 is 5.43 Å². The number of hydrogen-bond donors (Lipinski definition) is 1. The summed E-state index contributed by atoms with van der Waals surface area (Å²) >= 11 is 0. The molecule has 0 amide bonds. The Hall–Kier alpha value is -1.69. The molecule has 0 unspecified atom stereocenters. The molecule has 0 atom stereocenters. The van der Waals surface area contributed by atoms with Crippen molar-refractivity contribution in [2.45, 2.75) is 12.8 Å². The van der Waals surface area contributed by atoms with Gasteiger partial charge in [-0.1, -0.05) is 0 Å². The van der Waals surface area contributed by atoms with E-state index in [0.29, 0.717) is 5.82 Å². The maximum absolute atomic E-state index is 10.4. The van der Waals surface area contributed by atoms with Crippen molar-refractivity contribution in [2.24, 2.45) is 0 Å². The van der Waals surface area contributed by atoms with E-state index in [0.717, 1.165) is 13.1 Å². The number of rotatable bonds is 3. The van der Waals surface area contributed by atoms with Gasteiger partial charge in [0.2, 0.25) is 0 Å². The summed E-state index contributed by atoms with van der Waals surface area (Å²) in [6, 6.07) is 3.07. The Bertz CT molecular complexity index is 346. The zero-order chi connectivity index (χ0) is 10.7. The molecule has 1 aliphatic rings. The number of pyridine rings is 1. The van der Waals surface area contributed by atoms with Gasteiger partial charge < -0.3 is 5.43 Å². The third-order valence-electron chi connectivity index (χ3n) is 2.34. The van der Waals surface area contributed by atoms with Gasteiger partial charge in [-0.05, 0) is 18.9 Å². The van der Waals surface area contributed by atoms with Crippen molar-refractivity contribution < 1.29 is 4.92 Å². The number of nitrogens with one attached hydrogen (secondary N) is 1. The van der Waals surface area contributed by atoms with Gasteiger partial charge in [-0.3, -0.25) is 10.1 Å². The average molecular weight is 208 g/mol. The fraction of sp³-hybridized carbons (Fsp3) is 0.444. The van der Waals surface area contributed by atoms with Crippen LogP contribution in [0, 0.1) is 10.1 Å². The van der Waals surface area contributed by atoms with E-state index in [1.165, 1.54) is 25.1 Å². The van der Waals surface area contributed by atoms with Gasteiger partial charge >= 0.3 is 0 Å². The fourth-order valence-electron chi connectivity index (χ4n) is 1.55. The molecule has 1 fully saturated rings. The first-order valence-electron chi connectivity index (χ1n) is 4.88. The van der Waals surface area contributed by atoms with Crippen LogP contribution in [0.25, 0.3) is 0 Å². The van der Waals surface area contributed by atoms with Crippen LogP contribution in [0.2, 0.25) is 0 Å². The molecule has 1 N–H and O–H groups in total. The highest BCUT2D eigenvalue weighted by Crippen LogP contribution is 2.14. The smallest absolute Gasteiger partial charge is 0.287 e. The monoisotopic (exact) mass is 208 g/mol. The molecule has 0 bridgehead atoms. The number of aromatic nitrogens is 1. The molecule has 1 aliphatic heterocycles. The molecule has 6 heteroatoms. The topological polar surface area (TPSA) is 71.3 Å². The summed E-state index contributed by atoms with van der Waals surface area (Å²) in [4.78, 5) is 13.9. The van der Waals surface area contributed by atoms with Gasteiger partial charge in [-0.15, -0.1) is 0 Å². The van der Waals surface area contributed by atoms with E-state index in [1.807, 2.05) is 0 Å². The summed E-state index contributed by atoms with van der Waals surface area (Å²) in [6.45, 7) is 2.00. The second-order valence-corrected chi connectivity index (χ2v) is 3.46. The van der Waals surface area contributed by atoms with E-state index in [-0.39, 0.29) is 5.69 Å². The SMILES string of the molecule is O=[N+]([O-])c1ccc(NN2CCCC2)nc1. The number of anilines is 1. The Balaban J connectivity index is 2.00. The number of nitro groups is 1. The fourth-order valence-corrected chi connectivity index (χ4v) is 1.55. The maximum atomic E-state index is 10.4. The van der Waals surface area contributed by atoms with Crippen molar-refractivity contribution in [1.29, 1.82) is 0 Å². The van der Waals surface area contributed by atoms with Crippen LogP contribution in [-0.2, 0) is 0 Å². The van der Waals surface area contributed by atoms with Gasteiger partial charge in [0.05, 0.1) is 4.92 Å². The Morgan fingerprint density at radius 2 is 2.13 bits per heavy atom. The van der Waals surface area contributed by atoms with Crippen LogP contribution in [0.15, 0.2) is 18.3 Å². The Labute approximate surface area is 87.0 Å². The lowest BCUT2D eigenvalue weighted by atomic mass is 10.4. The lowest BCUT2D eigenvalue weighted by Crippen LogP contribution is -2.26. The minimum Gasteiger partial charge on any atom is -0.303 e. The molecule has 2 rings (SSSR count). The van der Waals surface area contributed by atoms with Crippen LogP contribution in [0.5, 0.6) is 0 Å². The van der Waals surface area contributed by atoms with Gasteiger partial charge in [0.15, 0.2) is 0 Å². The molecule has 0 aromatic carbocycles. The molecule has 80 valence electrons. The predicted octanol–water partition coefficient (Wildman–Crippen LogP) is 1.41. The maximum Gasteiger partial charge on any atom is 0.287 e. The predicted molar refractivity (Wildman–Crippen MR) is 55.3 cm³/mol. The molecule has 2 heterocycles. The highest BCUT2D eigenvalue weighted by atomic mass is 16.6. The largest absolute Gasteiger partial charge is 0.303 e. The van der Waals surface area contributed by atoms with E-state index in [1.54, 1.807) is 6.07 Å². The van der Waals surface area contributed by atoms with Gasteiger partial charge in [0.1, 0.15) is 12.0 Å². The number of hydrogen-bond acceptors (Lipinski definition) is 5. The molecule has 15 heavy (non-hydrogen) atoms. The summed E-state index contributed by atoms with van der Waals surface area (Å²) in [6.07, 6.45) is 3.62. The van der Waals surface area contributed by atoms with Crippen molar-refractivity contribution >= 4 is 11.5 Å². The third-order valence-corrected chi connectivity index (χ3v) is 2.34. The van der Waals surface area contributed by atoms with E-state index in [4.69, 9.17) is 0 Å². The normalized spacial score (nSPS) is 16.5. The van der Waals surface area contributed by atoms with Crippen LogP contribution in [0.3, 0.4) is 0 Å². The standard InChI is InChI=1S/C9H12N4O2/c14-13(15)8-3-4-9(10-7-8)11-12-5-1-2-6-12/h3-4,7H,1-2,5-6H2,(H,10,11). The van der Waals surface area contributed by atoms with Gasteiger partial charge in [-0.25, -0.2) is 9.99 Å². The minimum atomic E-state index is -0.452. The summed E-state index contributed by atoms with van der Waals surface area (Å²) in [5, 5.41) is 12.5. The second kappa shape index (κ2) is 4.22. The number of hydrazine groups is 1. The van der Waals surface area contributed by atoms with Gasteiger partial charge in [0, 0.05) is 19.2 Å². The van der Waals surface area contributed by atoms with Crippen LogP contribution in [-0.4, -0.2) is 28.0 Å². The molecular formula is C9H12N4O2. The van der Waals surface area contributed by atoms with Gasteiger partial charge in [0.25, 0.3) is 5.69 Å². The van der Waals surface area contributed by atoms with E-state index < -0.39 is 4.92 Å². The van der Waals surface area contributed by atoms with E-state index >= 15 is 0 Å². The van der Waals surface area contributed by atoms with Crippen molar-refractivity contribution in [3.8, 4) is 0 Å². The summed E-state index contributed by atoms with van der Waals surface area (Å²) in [7, 11) is 0. The minimum absolute atomic E-state index is 0.0157. The first-order valence-corrected chi connectivity index (χ1v) is 4.88. The lowest BCUT2D eigenvalue weighted by Gasteiger charge is -2.16. The molecule has 0 radical (unpaired) electrons. The van der Waals surface area contributed by atoms with Crippen LogP contribution in [0.4, 0.5) is 11.5 Å². The zero-order valence-corrected chi connectivity index (χ0v) is 8.22. The van der Waals surface area contributed by atoms with Crippen LogP contribution in [0.1, 0.15) is 12.8 Å². The van der Waals surface area contributed by atoms with Crippen molar-refractivity contribution in [1.82, 2.24) is 9.99 Å². The van der Waals surface area contributed by atoms with Gasteiger partial charge in [-0.2, -0.15) is 0 Å². The Kier molecular flexibility index (Phi) is 2.77. The van der Waals surface area contributed by atoms with E-state index in [9.17, 15) is 10.1 Å². The molecule has 1 aromatic heterocycles. The molecule has 0 saturated carbocycles. The summed E-state index contributed by atoms with van der Waals surface area (Å²) in [5.74, 6) is 0.655.